The van der Waals surface area contributed by atoms with Crippen LogP contribution in [0.2, 0.25) is 0 Å². The molecule has 0 saturated carbocycles. The molecule has 0 saturated heterocycles. The average molecular weight is 336 g/mol. The summed E-state index contributed by atoms with van der Waals surface area (Å²) in [6.45, 7) is 9.30. The van der Waals surface area contributed by atoms with Gasteiger partial charge in [0.1, 0.15) is 0 Å². The van der Waals surface area contributed by atoms with Gasteiger partial charge in [0.15, 0.2) is 0 Å². The van der Waals surface area contributed by atoms with Crippen LogP contribution < -0.4 is 15.9 Å². The van der Waals surface area contributed by atoms with Crippen molar-refractivity contribution in [3.8, 4) is 0 Å². The molecule has 0 fully saturated rings. The van der Waals surface area contributed by atoms with Crippen molar-refractivity contribution < 1.29 is 0 Å². The van der Waals surface area contributed by atoms with Crippen LogP contribution in [0.4, 0.5) is 5.69 Å². The first-order valence-electron chi connectivity index (χ1n) is 9.11. The first-order valence-corrected chi connectivity index (χ1v) is 9.11. The van der Waals surface area contributed by atoms with Gasteiger partial charge in [-0.25, -0.2) is 0 Å². The van der Waals surface area contributed by atoms with E-state index in [1.807, 2.05) is 13.8 Å². The van der Waals surface area contributed by atoms with E-state index in [1.54, 1.807) is 0 Å². The highest BCUT2D eigenvalue weighted by Gasteiger charge is 2.31. The summed E-state index contributed by atoms with van der Waals surface area (Å²) >= 11 is 0. The first kappa shape index (κ1) is 17.4. The normalized spacial score (nSPS) is 15.4. The molecule has 2 aliphatic rings. The van der Waals surface area contributed by atoms with E-state index in [1.165, 1.54) is 28.1 Å². The lowest BCUT2D eigenvalue weighted by molar-refractivity contribution is 0.237. The molecule has 0 bridgehead atoms. The maximum atomic E-state index is 3.40. The van der Waals surface area contributed by atoms with E-state index in [0.717, 1.165) is 12.2 Å². The largest absolute Gasteiger partial charge is 0.370 e. The van der Waals surface area contributed by atoms with Gasteiger partial charge in [0, 0.05) is 36.4 Å². The summed E-state index contributed by atoms with van der Waals surface area (Å²) in [5, 5.41) is 2.22. The fourth-order valence-corrected chi connectivity index (χ4v) is 3.45. The molecule has 0 spiro atoms. The van der Waals surface area contributed by atoms with Crippen molar-refractivity contribution >= 4 is 17.1 Å². The van der Waals surface area contributed by atoms with E-state index in [4.69, 9.17) is 0 Å². The van der Waals surface area contributed by atoms with Gasteiger partial charge in [-0.15, -0.1) is 5.53 Å². The minimum absolute atomic E-state index is 0.354. The Morgan fingerprint density at radius 1 is 0.920 bits per heavy atom. The summed E-state index contributed by atoms with van der Waals surface area (Å²) in [5.74, 6) is 0. The number of rotatable bonds is 1. The summed E-state index contributed by atoms with van der Waals surface area (Å²) in [6.07, 6.45) is 0. The smallest absolute Gasteiger partial charge is 0.0868 e. The van der Waals surface area contributed by atoms with Gasteiger partial charge < -0.3 is 10.3 Å². The van der Waals surface area contributed by atoms with Gasteiger partial charge in [0.2, 0.25) is 0 Å². The monoisotopic (exact) mass is 336 g/mol. The van der Waals surface area contributed by atoms with E-state index in [2.05, 4.69) is 90.3 Å². The Labute approximate surface area is 151 Å². The van der Waals surface area contributed by atoms with E-state index >= 15 is 0 Å². The third-order valence-corrected chi connectivity index (χ3v) is 4.56. The lowest BCUT2D eigenvalue weighted by atomic mass is 9.96. The second-order valence-corrected chi connectivity index (χ2v) is 6.45. The number of nitrogens with zero attached hydrogens (tertiary/aromatic N) is 2. The van der Waals surface area contributed by atoms with E-state index in [-0.39, 0.29) is 0 Å². The number of para-hydroxylation sites is 1. The average Bonchev–Trinajstić information content (AvgIpc) is 3.07. The second-order valence-electron chi connectivity index (χ2n) is 6.45. The standard InChI is InChI=1S/C19H22N4.C2H6/c1-13(2)23-19-15-9-5-4-8-14(15)12-22(3)17-11-7-6-10-16(17)18(19)20-21-23;1-2/h4-11,13,20-21H,12H2,1-3H3;1-2H3. The highest BCUT2D eigenvalue weighted by molar-refractivity contribution is 5.95. The Hall–Kier alpha value is -2.46. The minimum Gasteiger partial charge on any atom is -0.370 e. The van der Waals surface area contributed by atoms with Crippen LogP contribution in [0.25, 0.3) is 11.4 Å². The first-order chi connectivity index (χ1) is 12.2. The molecule has 4 rings (SSSR count). The summed E-state index contributed by atoms with van der Waals surface area (Å²) < 4.78 is 0. The molecular formula is C21H28N4. The van der Waals surface area contributed by atoms with E-state index in [0.29, 0.717) is 6.04 Å². The quantitative estimate of drug-likeness (QED) is 0.816. The van der Waals surface area contributed by atoms with Crippen molar-refractivity contribution in [1.82, 2.24) is 16.0 Å². The lowest BCUT2D eigenvalue weighted by Gasteiger charge is -2.30. The SMILES string of the molecule is CC.CC(C)N1NNC2=C1c1ccccc1CN(C)c1ccccc12. The number of hydrazine groups is 2. The number of nitrogens with one attached hydrogen (secondary N) is 2. The van der Waals surface area contributed by atoms with Crippen molar-refractivity contribution in [2.24, 2.45) is 0 Å². The molecule has 2 aromatic rings. The minimum atomic E-state index is 0.354. The van der Waals surface area contributed by atoms with Gasteiger partial charge in [-0.3, -0.25) is 5.01 Å². The Kier molecular flexibility index (Phi) is 5.00. The van der Waals surface area contributed by atoms with Crippen molar-refractivity contribution in [2.45, 2.75) is 40.3 Å². The number of anilines is 1. The molecule has 0 atom stereocenters. The number of benzene rings is 2. The summed E-state index contributed by atoms with van der Waals surface area (Å²) in [6, 6.07) is 17.6. The van der Waals surface area contributed by atoms with Crippen LogP contribution in [-0.4, -0.2) is 18.1 Å². The van der Waals surface area contributed by atoms with Gasteiger partial charge in [0.25, 0.3) is 0 Å². The molecular weight excluding hydrogens is 308 g/mol. The van der Waals surface area contributed by atoms with Gasteiger partial charge in [-0.05, 0) is 25.5 Å². The molecule has 0 aliphatic carbocycles. The fraction of sp³-hybridized carbons (Fsp3) is 0.333. The molecule has 0 radical (unpaired) electrons. The molecule has 132 valence electrons. The molecule has 2 aromatic carbocycles. The van der Waals surface area contributed by atoms with Gasteiger partial charge >= 0.3 is 0 Å². The number of fused-ring (bicyclic) bond motifs is 4. The summed E-state index contributed by atoms with van der Waals surface area (Å²) in [4.78, 5) is 2.32. The Balaban J connectivity index is 0.000000880. The topological polar surface area (TPSA) is 30.5 Å². The summed E-state index contributed by atoms with van der Waals surface area (Å²) in [5.41, 5.74) is 14.2. The maximum absolute atomic E-state index is 3.40. The van der Waals surface area contributed by atoms with E-state index in [9.17, 15) is 0 Å². The molecule has 4 nitrogen and oxygen atoms in total. The molecule has 2 aliphatic heterocycles. The summed E-state index contributed by atoms with van der Waals surface area (Å²) in [7, 11) is 2.16. The van der Waals surface area contributed by atoms with Crippen LogP contribution in [0.15, 0.2) is 48.5 Å². The molecule has 2 heterocycles. The number of hydrogen-bond donors (Lipinski definition) is 2. The number of hydrogen-bond acceptors (Lipinski definition) is 4. The molecule has 2 N–H and O–H groups in total. The molecule has 25 heavy (non-hydrogen) atoms. The van der Waals surface area contributed by atoms with Crippen LogP contribution in [0.5, 0.6) is 0 Å². The predicted octanol–water partition coefficient (Wildman–Crippen LogP) is 4.22. The van der Waals surface area contributed by atoms with Gasteiger partial charge in [-0.1, -0.05) is 56.3 Å². The van der Waals surface area contributed by atoms with Gasteiger partial charge in [0.05, 0.1) is 11.4 Å². The van der Waals surface area contributed by atoms with Crippen LogP contribution in [0.3, 0.4) is 0 Å². The molecule has 0 aromatic heterocycles. The third-order valence-electron chi connectivity index (χ3n) is 4.56. The van der Waals surface area contributed by atoms with Crippen LogP contribution >= 0.6 is 0 Å². The highest BCUT2D eigenvalue weighted by Crippen LogP contribution is 2.39. The zero-order chi connectivity index (χ0) is 18.0. The molecule has 0 amide bonds. The Morgan fingerprint density at radius 2 is 1.56 bits per heavy atom. The van der Waals surface area contributed by atoms with Crippen molar-refractivity contribution in [3.05, 3.63) is 65.2 Å². The molecule has 4 heteroatoms. The zero-order valence-electron chi connectivity index (χ0n) is 15.8. The highest BCUT2D eigenvalue weighted by atomic mass is 15.7. The van der Waals surface area contributed by atoms with E-state index < -0.39 is 0 Å². The van der Waals surface area contributed by atoms with Crippen LogP contribution in [0.1, 0.15) is 44.4 Å². The maximum Gasteiger partial charge on any atom is 0.0868 e. The lowest BCUT2D eigenvalue weighted by Crippen LogP contribution is -2.41. The van der Waals surface area contributed by atoms with Crippen molar-refractivity contribution in [2.75, 3.05) is 11.9 Å². The van der Waals surface area contributed by atoms with Crippen LogP contribution in [-0.2, 0) is 6.54 Å². The predicted molar refractivity (Wildman–Crippen MR) is 106 cm³/mol. The van der Waals surface area contributed by atoms with Crippen molar-refractivity contribution in [3.63, 3.8) is 0 Å². The Morgan fingerprint density at radius 3 is 2.28 bits per heavy atom. The zero-order valence-corrected chi connectivity index (χ0v) is 15.8. The van der Waals surface area contributed by atoms with Crippen molar-refractivity contribution in [1.29, 1.82) is 0 Å². The van der Waals surface area contributed by atoms with Gasteiger partial charge in [-0.2, -0.15) is 0 Å². The fourth-order valence-electron chi connectivity index (χ4n) is 3.45. The molecule has 0 unspecified atom stereocenters. The third kappa shape index (κ3) is 2.98. The second kappa shape index (κ2) is 7.19. The van der Waals surface area contributed by atoms with Crippen LogP contribution in [0, 0.1) is 0 Å². The Bertz CT molecular complexity index is 779.